The zero-order valence-electron chi connectivity index (χ0n) is 11.0. The summed E-state index contributed by atoms with van der Waals surface area (Å²) in [6.07, 6.45) is -4.47. The topological polar surface area (TPSA) is 44.4 Å². The number of amides is 1. The molecular formula is C13H16F3N3O. The first-order valence-electron chi connectivity index (χ1n) is 6.32. The Hall–Kier alpha value is -1.76. The number of hydrogen-bond donors (Lipinski definition) is 2. The van der Waals surface area contributed by atoms with Crippen molar-refractivity contribution in [3.63, 3.8) is 0 Å². The Morgan fingerprint density at radius 3 is 2.45 bits per heavy atom. The molecule has 1 aliphatic rings. The average Bonchev–Trinajstić information content (AvgIpc) is 2.46. The van der Waals surface area contributed by atoms with E-state index in [2.05, 4.69) is 10.6 Å². The molecule has 0 radical (unpaired) electrons. The lowest BCUT2D eigenvalue weighted by atomic mass is 10.1. The molecule has 1 aromatic carbocycles. The predicted octanol–water partition coefficient (Wildman–Crippen LogP) is 1.79. The van der Waals surface area contributed by atoms with E-state index < -0.39 is 11.7 Å². The van der Waals surface area contributed by atoms with E-state index in [4.69, 9.17) is 0 Å². The smallest absolute Gasteiger partial charge is 0.388 e. The summed E-state index contributed by atoms with van der Waals surface area (Å²) in [5.74, 6) is -0.367. The predicted molar refractivity (Wildman–Crippen MR) is 69.8 cm³/mol. The van der Waals surface area contributed by atoms with Crippen molar-refractivity contribution in [2.45, 2.75) is 6.18 Å². The summed E-state index contributed by atoms with van der Waals surface area (Å²) in [4.78, 5) is 13.8. The van der Waals surface area contributed by atoms with Gasteiger partial charge in [0.1, 0.15) is 0 Å². The molecular weight excluding hydrogens is 271 g/mol. The van der Waals surface area contributed by atoms with Crippen LogP contribution in [0.15, 0.2) is 18.2 Å². The van der Waals surface area contributed by atoms with Crippen LogP contribution in [-0.4, -0.2) is 44.0 Å². The number of anilines is 1. The molecule has 2 rings (SSSR count). The van der Waals surface area contributed by atoms with Crippen molar-refractivity contribution in [3.05, 3.63) is 29.3 Å². The van der Waals surface area contributed by atoms with Crippen molar-refractivity contribution in [1.82, 2.24) is 10.2 Å². The Balaban J connectivity index is 2.32. The Kier molecular flexibility index (Phi) is 4.17. The average molecular weight is 287 g/mol. The number of hydrogen-bond acceptors (Lipinski definition) is 3. The van der Waals surface area contributed by atoms with Gasteiger partial charge in [-0.3, -0.25) is 4.79 Å². The molecule has 0 unspecified atom stereocenters. The van der Waals surface area contributed by atoms with Gasteiger partial charge in [0.25, 0.3) is 5.91 Å². The van der Waals surface area contributed by atoms with Crippen LogP contribution >= 0.6 is 0 Å². The lowest BCUT2D eigenvalue weighted by molar-refractivity contribution is -0.137. The van der Waals surface area contributed by atoms with Gasteiger partial charge in [-0.25, -0.2) is 0 Å². The highest BCUT2D eigenvalue weighted by Crippen LogP contribution is 2.32. The minimum absolute atomic E-state index is 0.0612. The third-order valence-corrected chi connectivity index (χ3v) is 3.20. The van der Waals surface area contributed by atoms with Gasteiger partial charge in [-0.2, -0.15) is 13.2 Å². The number of alkyl halides is 3. The van der Waals surface area contributed by atoms with Gasteiger partial charge in [-0.05, 0) is 18.2 Å². The zero-order valence-corrected chi connectivity index (χ0v) is 11.0. The molecule has 0 aromatic heterocycles. The Morgan fingerprint density at radius 2 is 1.90 bits per heavy atom. The van der Waals surface area contributed by atoms with E-state index >= 15 is 0 Å². The maximum absolute atomic E-state index is 12.8. The summed E-state index contributed by atoms with van der Waals surface area (Å²) in [5, 5.41) is 5.75. The second-order valence-corrected chi connectivity index (χ2v) is 4.59. The van der Waals surface area contributed by atoms with Gasteiger partial charge in [-0.1, -0.05) is 0 Å². The number of nitrogens with zero attached hydrogens (tertiary/aromatic N) is 1. The quantitative estimate of drug-likeness (QED) is 0.871. The molecule has 7 heteroatoms. The molecule has 1 aliphatic heterocycles. The first kappa shape index (κ1) is 14.6. The van der Waals surface area contributed by atoms with Crippen LogP contribution < -0.4 is 10.6 Å². The van der Waals surface area contributed by atoms with Crippen LogP contribution in [0.3, 0.4) is 0 Å². The second kappa shape index (κ2) is 5.70. The van der Waals surface area contributed by atoms with Crippen LogP contribution in [0.2, 0.25) is 0 Å². The van der Waals surface area contributed by atoms with E-state index in [1.807, 2.05) is 0 Å². The summed E-state index contributed by atoms with van der Waals surface area (Å²) in [6.45, 7) is 2.32. The SMILES string of the molecule is CNc1cc(C(=O)N2CCNCC2)cc(C(F)(F)F)c1. The third-order valence-electron chi connectivity index (χ3n) is 3.20. The summed E-state index contributed by atoms with van der Waals surface area (Å²) in [6, 6.07) is 3.35. The molecule has 2 N–H and O–H groups in total. The molecule has 1 fully saturated rings. The summed E-state index contributed by atoms with van der Waals surface area (Å²) < 4.78 is 38.5. The van der Waals surface area contributed by atoms with Crippen LogP contribution in [0.1, 0.15) is 15.9 Å². The largest absolute Gasteiger partial charge is 0.416 e. The van der Waals surface area contributed by atoms with E-state index in [-0.39, 0.29) is 17.2 Å². The first-order valence-corrected chi connectivity index (χ1v) is 6.32. The summed E-state index contributed by atoms with van der Waals surface area (Å²) in [5.41, 5.74) is -0.479. The Labute approximate surface area is 114 Å². The summed E-state index contributed by atoms with van der Waals surface area (Å²) >= 11 is 0. The normalized spacial score (nSPS) is 16.1. The fourth-order valence-corrected chi connectivity index (χ4v) is 2.11. The van der Waals surface area contributed by atoms with E-state index in [0.29, 0.717) is 26.2 Å². The first-order chi connectivity index (χ1) is 9.41. The number of nitrogens with one attached hydrogen (secondary N) is 2. The Morgan fingerprint density at radius 1 is 1.25 bits per heavy atom. The number of rotatable bonds is 2. The number of carbonyl (C=O) groups excluding carboxylic acids is 1. The minimum Gasteiger partial charge on any atom is -0.388 e. The van der Waals surface area contributed by atoms with E-state index in [0.717, 1.165) is 12.1 Å². The zero-order chi connectivity index (χ0) is 14.8. The van der Waals surface area contributed by atoms with Crippen LogP contribution in [0.25, 0.3) is 0 Å². The van der Waals surface area contributed by atoms with Gasteiger partial charge in [0, 0.05) is 44.5 Å². The minimum atomic E-state index is -4.47. The Bertz CT molecular complexity index is 496. The maximum atomic E-state index is 12.8. The third kappa shape index (κ3) is 3.22. The number of benzene rings is 1. The fraction of sp³-hybridized carbons (Fsp3) is 0.462. The van der Waals surface area contributed by atoms with Crippen molar-refractivity contribution in [3.8, 4) is 0 Å². The molecule has 4 nitrogen and oxygen atoms in total. The van der Waals surface area contributed by atoms with E-state index in [1.54, 1.807) is 4.90 Å². The molecule has 0 spiro atoms. The van der Waals surface area contributed by atoms with Gasteiger partial charge >= 0.3 is 6.18 Å². The van der Waals surface area contributed by atoms with Gasteiger partial charge < -0.3 is 15.5 Å². The highest BCUT2D eigenvalue weighted by atomic mass is 19.4. The molecule has 1 saturated heterocycles. The van der Waals surface area contributed by atoms with Crippen LogP contribution in [0.5, 0.6) is 0 Å². The fourth-order valence-electron chi connectivity index (χ4n) is 2.11. The molecule has 0 bridgehead atoms. The van der Waals surface area contributed by atoms with Crippen molar-refractivity contribution in [1.29, 1.82) is 0 Å². The van der Waals surface area contributed by atoms with Crippen LogP contribution in [-0.2, 0) is 6.18 Å². The standard InChI is InChI=1S/C13H16F3N3O/c1-17-11-7-9(6-10(8-11)13(14,15)16)12(20)19-4-2-18-3-5-19/h6-8,17-18H,2-5H2,1H3. The van der Waals surface area contributed by atoms with Gasteiger partial charge in [0.15, 0.2) is 0 Å². The van der Waals surface area contributed by atoms with Crippen molar-refractivity contribution in [2.24, 2.45) is 0 Å². The molecule has 0 atom stereocenters. The number of carbonyl (C=O) groups is 1. The lowest BCUT2D eigenvalue weighted by Gasteiger charge is -2.27. The van der Waals surface area contributed by atoms with E-state index in [9.17, 15) is 18.0 Å². The van der Waals surface area contributed by atoms with Crippen molar-refractivity contribution >= 4 is 11.6 Å². The highest BCUT2D eigenvalue weighted by molar-refractivity contribution is 5.95. The molecule has 1 amide bonds. The molecule has 1 heterocycles. The maximum Gasteiger partial charge on any atom is 0.416 e. The summed E-state index contributed by atoms with van der Waals surface area (Å²) in [7, 11) is 1.52. The van der Waals surface area contributed by atoms with Crippen molar-refractivity contribution < 1.29 is 18.0 Å². The van der Waals surface area contributed by atoms with Crippen LogP contribution in [0, 0.1) is 0 Å². The molecule has 110 valence electrons. The van der Waals surface area contributed by atoms with Gasteiger partial charge in [0.05, 0.1) is 5.56 Å². The van der Waals surface area contributed by atoms with Crippen molar-refractivity contribution in [2.75, 3.05) is 38.5 Å². The van der Waals surface area contributed by atoms with E-state index in [1.165, 1.54) is 13.1 Å². The highest BCUT2D eigenvalue weighted by Gasteiger charge is 2.32. The number of piperazine rings is 1. The molecule has 1 aromatic rings. The molecule has 0 aliphatic carbocycles. The van der Waals surface area contributed by atoms with Gasteiger partial charge in [0.2, 0.25) is 0 Å². The second-order valence-electron chi connectivity index (χ2n) is 4.59. The molecule has 0 saturated carbocycles. The number of halogens is 3. The molecule has 20 heavy (non-hydrogen) atoms. The van der Waals surface area contributed by atoms with Crippen LogP contribution in [0.4, 0.5) is 18.9 Å². The monoisotopic (exact) mass is 287 g/mol. The van der Waals surface area contributed by atoms with Gasteiger partial charge in [-0.15, -0.1) is 0 Å². The lowest BCUT2D eigenvalue weighted by Crippen LogP contribution is -2.46.